The van der Waals surface area contributed by atoms with Crippen molar-refractivity contribution in [2.24, 2.45) is 5.92 Å². The predicted octanol–water partition coefficient (Wildman–Crippen LogP) is 5.01. The van der Waals surface area contributed by atoms with E-state index in [1.807, 2.05) is 0 Å². The van der Waals surface area contributed by atoms with Crippen molar-refractivity contribution in [3.63, 3.8) is 0 Å². The number of aromatic nitrogens is 3. The van der Waals surface area contributed by atoms with E-state index < -0.39 is 29.4 Å². The third-order valence-electron chi connectivity index (χ3n) is 5.33. The van der Waals surface area contributed by atoms with Crippen LogP contribution in [0.4, 0.5) is 26.3 Å². The van der Waals surface area contributed by atoms with E-state index in [-0.39, 0.29) is 28.9 Å². The molecule has 0 bridgehead atoms. The molecule has 0 unspecified atom stereocenters. The minimum absolute atomic E-state index is 0.0101. The van der Waals surface area contributed by atoms with Gasteiger partial charge < -0.3 is 9.88 Å². The third kappa shape index (κ3) is 3.77. The minimum Gasteiger partial charge on any atom is -0.320 e. The zero-order valence-electron chi connectivity index (χ0n) is 15.2. The Morgan fingerprint density at radius 2 is 1.66 bits per heavy atom. The molecule has 1 fully saturated rings. The molecule has 1 aliphatic rings. The SMILES string of the molecule is FC(F)(F)c1nc2ccccc2c2c1nc(C(F)(F)F)n2CCC1CCNCC1. The summed E-state index contributed by atoms with van der Waals surface area (Å²) >= 11 is 0. The monoisotopic (exact) mass is 416 g/mol. The lowest BCUT2D eigenvalue weighted by Crippen LogP contribution is -2.28. The molecule has 0 radical (unpaired) electrons. The zero-order chi connectivity index (χ0) is 20.8. The number of nitrogens with zero attached hydrogens (tertiary/aromatic N) is 3. The average molecular weight is 416 g/mol. The van der Waals surface area contributed by atoms with Crippen LogP contribution in [0.15, 0.2) is 24.3 Å². The third-order valence-corrected chi connectivity index (χ3v) is 5.33. The van der Waals surface area contributed by atoms with Crippen LogP contribution in [-0.4, -0.2) is 27.6 Å². The van der Waals surface area contributed by atoms with Crippen LogP contribution in [0.3, 0.4) is 0 Å². The summed E-state index contributed by atoms with van der Waals surface area (Å²) in [6, 6.07) is 5.91. The molecule has 1 aromatic carbocycles. The summed E-state index contributed by atoms with van der Waals surface area (Å²) in [7, 11) is 0. The number of piperidine rings is 1. The van der Waals surface area contributed by atoms with Crippen LogP contribution in [-0.2, 0) is 18.9 Å². The average Bonchev–Trinajstić information content (AvgIpc) is 3.06. The maximum atomic E-state index is 13.7. The summed E-state index contributed by atoms with van der Waals surface area (Å²) in [5.41, 5.74) is -2.32. The maximum Gasteiger partial charge on any atom is 0.449 e. The lowest BCUT2D eigenvalue weighted by molar-refractivity contribution is -0.147. The fourth-order valence-corrected chi connectivity index (χ4v) is 3.95. The maximum absolute atomic E-state index is 13.7. The molecular weight excluding hydrogens is 398 g/mol. The van der Waals surface area contributed by atoms with Gasteiger partial charge in [0.2, 0.25) is 5.82 Å². The van der Waals surface area contributed by atoms with E-state index in [0.29, 0.717) is 6.42 Å². The van der Waals surface area contributed by atoms with Gasteiger partial charge >= 0.3 is 12.4 Å². The second-order valence-electron chi connectivity index (χ2n) is 7.24. The van der Waals surface area contributed by atoms with E-state index in [2.05, 4.69) is 15.3 Å². The molecule has 0 aliphatic carbocycles. The summed E-state index contributed by atoms with van der Waals surface area (Å²) in [6.07, 6.45) is -7.71. The number of alkyl halides is 6. The van der Waals surface area contributed by atoms with Crippen LogP contribution in [0.5, 0.6) is 0 Å². The number of rotatable bonds is 3. The lowest BCUT2D eigenvalue weighted by Gasteiger charge is -2.23. The van der Waals surface area contributed by atoms with Crippen LogP contribution in [0, 0.1) is 5.92 Å². The van der Waals surface area contributed by atoms with Gasteiger partial charge in [-0.3, -0.25) is 0 Å². The predicted molar refractivity (Wildman–Crippen MR) is 95.2 cm³/mol. The summed E-state index contributed by atoms with van der Waals surface area (Å²) in [5, 5.41) is 3.41. The smallest absolute Gasteiger partial charge is 0.320 e. The van der Waals surface area contributed by atoms with E-state index in [0.717, 1.165) is 30.5 Å². The van der Waals surface area contributed by atoms with Crippen LogP contribution >= 0.6 is 0 Å². The summed E-state index contributed by atoms with van der Waals surface area (Å²) in [5.74, 6) is -1.10. The molecule has 1 saturated heterocycles. The Balaban J connectivity index is 1.94. The van der Waals surface area contributed by atoms with Gasteiger partial charge in [-0.15, -0.1) is 0 Å². The van der Waals surface area contributed by atoms with Crippen LogP contribution < -0.4 is 5.32 Å². The first-order valence-corrected chi connectivity index (χ1v) is 9.30. The van der Waals surface area contributed by atoms with Gasteiger partial charge in [0, 0.05) is 11.9 Å². The molecule has 0 spiro atoms. The van der Waals surface area contributed by atoms with Crippen molar-refractivity contribution in [3.05, 3.63) is 35.8 Å². The molecule has 0 amide bonds. The van der Waals surface area contributed by atoms with Crippen molar-refractivity contribution in [2.75, 3.05) is 13.1 Å². The Kier molecular flexibility index (Phi) is 4.92. The Labute approximate surface area is 161 Å². The number of hydrogen-bond acceptors (Lipinski definition) is 3. The number of nitrogens with one attached hydrogen (secondary N) is 1. The number of halogens is 6. The number of pyridine rings is 1. The normalized spacial score (nSPS) is 16.8. The molecule has 0 atom stereocenters. The van der Waals surface area contributed by atoms with E-state index >= 15 is 0 Å². The van der Waals surface area contributed by atoms with Crippen molar-refractivity contribution in [1.29, 1.82) is 0 Å². The van der Waals surface area contributed by atoms with Gasteiger partial charge in [0.1, 0.15) is 5.52 Å². The van der Waals surface area contributed by atoms with Gasteiger partial charge in [-0.2, -0.15) is 26.3 Å². The Bertz CT molecular complexity index is 1030. The molecule has 3 aromatic rings. The minimum atomic E-state index is -4.92. The van der Waals surface area contributed by atoms with Gasteiger partial charge in [0.15, 0.2) is 5.69 Å². The Hall–Kier alpha value is -2.36. The molecule has 1 aliphatic heterocycles. The number of hydrogen-bond donors (Lipinski definition) is 1. The molecule has 4 nitrogen and oxygen atoms in total. The van der Waals surface area contributed by atoms with E-state index in [1.165, 1.54) is 18.2 Å². The number of benzene rings is 1. The molecule has 1 N–H and O–H groups in total. The standard InChI is InChI=1S/C19H18F6N4/c20-18(21,22)16-14-15(12-3-1-2-4-13(12)27-16)29(17(28-14)19(23,24)25)10-7-11-5-8-26-9-6-11/h1-4,11,26H,5-10H2. The first-order valence-electron chi connectivity index (χ1n) is 9.30. The van der Waals surface area contributed by atoms with Crippen LogP contribution in [0.25, 0.3) is 21.9 Å². The van der Waals surface area contributed by atoms with Gasteiger partial charge in [-0.05, 0) is 44.3 Å². The topological polar surface area (TPSA) is 42.7 Å². The van der Waals surface area contributed by atoms with Crippen LogP contribution in [0.2, 0.25) is 0 Å². The molecule has 0 saturated carbocycles. The van der Waals surface area contributed by atoms with E-state index in [1.54, 1.807) is 6.07 Å². The number of imidazole rings is 1. The highest BCUT2D eigenvalue weighted by molar-refractivity contribution is 6.03. The largest absolute Gasteiger partial charge is 0.449 e. The highest BCUT2D eigenvalue weighted by Gasteiger charge is 2.42. The molecule has 29 heavy (non-hydrogen) atoms. The fourth-order valence-electron chi connectivity index (χ4n) is 3.95. The van der Waals surface area contributed by atoms with Gasteiger partial charge in [0.05, 0.1) is 11.0 Å². The van der Waals surface area contributed by atoms with E-state index in [4.69, 9.17) is 0 Å². The first-order chi connectivity index (χ1) is 13.7. The van der Waals surface area contributed by atoms with E-state index in [9.17, 15) is 26.3 Å². The summed E-state index contributed by atoms with van der Waals surface area (Å²) < 4.78 is 82.6. The molecule has 2 aromatic heterocycles. The van der Waals surface area contributed by atoms with Crippen molar-refractivity contribution in [1.82, 2.24) is 19.9 Å². The molecule has 4 rings (SSSR count). The molecule has 3 heterocycles. The Morgan fingerprint density at radius 1 is 0.966 bits per heavy atom. The van der Waals surface area contributed by atoms with Crippen molar-refractivity contribution in [3.8, 4) is 0 Å². The quantitative estimate of drug-likeness (QED) is 0.611. The second kappa shape index (κ2) is 7.16. The lowest BCUT2D eigenvalue weighted by atomic mass is 9.94. The summed E-state index contributed by atoms with van der Waals surface area (Å²) in [6.45, 7) is 1.51. The highest BCUT2D eigenvalue weighted by Crippen LogP contribution is 2.40. The fraction of sp³-hybridized carbons (Fsp3) is 0.474. The van der Waals surface area contributed by atoms with Gasteiger partial charge in [-0.25, -0.2) is 9.97 Å². The van der Waals surface area contributed by atoms with Crippen LogP contribution in [0.1, 0.15) is 30.8 Å². The number of aryl methyl sites for hydroxylation is 1. The van der Waals surface area contributed by atoms with Gasteiger partial charge in [-0.1, -0.05) is 18.2 Å². The summed E-state index contributed by atoms with van der Waals surface area (Å²) in [4.78, 5) is 6.99. The van der Waals surface area contributed by atoms with Crippen molar-refractivity contribution < 1.29 is 26.3 Å². The highest BCUT2D eigenvalue weighted by atomic mass is 19.4. The van der Waals surface area contributed by atoms with Crippen molar-refractivity contribution in [2.45, 2.75) is 38.2 Å². The van der Waals surface area contributed by atoms with Crippen molar-refractivity contribution >= 4 is 21.9 Å². The second-order valence-corrected chi connectivity index (χ2v) is 7.24. The van der Waals surface area contributed by atoms with Gasteiger partial charge in [0.25, 0.3) is 0 Å². The first kappa shape index (κ1) is 19.9. The number of fused-ring (bicyclic) bond motifs is 3. The Morgan fingerprint density at radius 3 is 2.31 bits per heavy atom. The molecule has 10 heteroatoms. The molecular formula is C19H18F6N4. The zero-order valence-corrected chi connectivity index (χ0v) is 15.2. The number of para-hydroxylation sites is 1. The molecule has 156 valence electrons.